The highest BCUT2D eigenvalue weighted by Crippen LogP contribution is 2.08. The van der Waals surface area contributed by atoms with Crippen molar-refractivity contribution in [2.24, 2.45) is 0 Å². The van der Waals surface area contributed by atoms with Crippen LogP contribution in [0.15, 0.2) is 12.2 Å². The Hall–Kier alpha value is -0.260. The summed E-state index contributed by atoms with van der Waals surface area (Å²) in [6.45, 7) is 9.06. The SMILES string of the molecule is CCCCCCCC.CCCCCCCC=CCCCCCCC. The lowest BCUT2D eigenvalue weighted by molar-refractivity contribution is 0.624. The van der Waals surface area contributed by atoms with Crippen LogP contribution in [0.2, 0.25) is 0 Å². The summed E-state index contributed by atoms with van der Waals surface area (Å²) in [5.74, 6) is 0. The van der Waals surface area contributed by atoms with Crippen LogP contribution in [0.3, 0.4) is 0 Å². The van der Waals surface area contributed by atoms with Crippen LogP contribution >= 0.6 is 0 Å². The molecule has 0 N–H and O–H groups in total. The Bertz CT molecular complexity index is 182. The number of allylic oxidation sites excluding steroid dienone is 2. The van der Waals surface area contributed by atoms with E-state index in [-0.39, 0.29) is 0 Å². The van der Waals surface area contributed by atoms with Gasteiger partial charge in [0.25, 0.3) is 0 Å². The first-order chi connectivity index (χ1) is 11.8. The molecule has 0 rings (SSSR count). The molecule has 0 fully saturated rings. The molecule has 0 atom stereocenters. The first-order valence-electron chi connectivity index (χ1n) is 11.5. The van der Waals surface area contributed by atoms with Crippen molar-refractivity contribution in [3.05, 3.63) is 12.2 Å². The molecule has 0 aliphatic rings. The molecule has 146 valence electrons. The summed E-state index contributed by atoms with van der Waals surface area (Å²) in [4.78, 5) is 0. The highest BCUT2D eigenvalue weighted by atomic mass is 13.9. The van der Waals surface area contributed by atoms with Gasteiger partial charge in [0.1, 0.15) is 0 Å². The summed E-state index contributed by atoms with van der Waals surface area (Å²) in [5.41, 5.74) is 0. The minimum atomic E-state index is 1.30. The molecular weight excluding hydrogens is 288 g/mol. The van der Waals surface area contributed by atoms with E-state index in [1.165, 1.54) is 116 Å². The third-order valence-electron chi connectivity index (χ3n) is 4.57. The van der Waals surface area contributed by atoms with E-state index in [4.69, 9.17) is 0 Å². The average Bonchev–Trinajstić information content (AvgIpc) is 2.60. The molecule has 0 bridgehead atoms. The molecule has 0 unspecified atom stereocenters. The number of unbranched alkanes of at least 4 members (excludes halogenated alkanes) is 15. The highest BCUT2D eigenvalue weighted by molar-refractivity contribution is 4.81. The standard InChI is InChI=1S/C16H32.C8H18/c1-3-5-7-9-11-13-15-16-14-12-10-8-6-4-2;1-3-5-7-8-6-4-2/h15-16H,3-14H2,1-2H3;3-8H2,1-2H3. The van der Waals surface area contributed by atoms with Crippen molar-refractivity contribution in [2.45, 2.75) is 143 Å². The van der Waals surface area contributed by atoms with Crippen LogP contribution in [-0.4, -0.2) is 0 Å². The van der Waals surface area contributed by atoms with Crippen LogP contribution in [0.4, 0.5) is 0 Å². The summed E-state index contributed by atoms with van der Waals surface area (Å²) in [5, 5.41) is 0. The van der Waals surface area contributed by atoms with Gasteiger partial charge < -0.3 is 0 Å². The van der Waals surface area contributed by atoms with Crippen molar-refractivity contribution in [3.8, 4) is 0 Å². The normalized spacial score (nSPS) is 10.8. The van der Waals surface area contributed by atoms with Crippen molar-refractivity contribution in [3.63, 3.8) is 0 Å². The predicted octanol–water partition coefficient (Wildman–Crippen LogP) is 9.63. The van der Waals surface area contributed by atoms with E-state index in [1.54, 1.807) is 0 Å². The largest absolute Gasteiger partial charge is 0.0885 e. The van der Waals surface area contributed by atoms with Crippen molar-refractivity contribution >= 4 is 0 Å². The predicted molar refractivity (Wildman–Crippen MR) is 115 cm³/mol. The maximum atomic E-state index is 2.39. The fourth-order valence-corrected chi connectivity index (χ4v) is 2.82. The van der Waals surface area contributed by atoms with E-state index in [0.29, 0.717) is 0 Å². The maximum Gasteiger partial charge on any atom is -0.0351 e. The van der Waals surface area contributed by atoms with Crippen LogP contribution < -0.4 is 0 Å². The molecule has 0 heterocycles. The molecule has 0 aromatic rings. The monoisotopic (exact) mass is 338 g/mol. The van der Waals surface area contributed by atoms with Gasteiger partial charge >= 0.3 is 0 Å². The second kappa shape index (κ2) is 27.6. The zero-order valence-electron chi connectivity index (χ0n) is 17.9. The minimum Gasteiger partial charge on any atom is -0.0885 e. The van der Waals surface area contributed by atoms with Crippen LogP contribution in [0, 0.1) is 0 Å². The first-order valence-corrected chi connectivity index (χ1v) is 11.5. The average molecular weight is 339 g/mol. The number of hydrogen-bond acceptors (Lipinski definition) is 0. The van der Waals surface area contributed by atoms with Gasteiger partial charge in [-0.2, -0.15) is 0 Å². The van der Waals surface area contributed by atoms with Gasteiger partial charge in [0.2, 0.25) is 0 Å². The smallest absolute Gasteiger partial charge is 0.0351 e. The van der Waals surface area contributed by atoms with Crippen LogP contribution in [-0.2, 0) is 0 Å². The Labute approximate surface area is 155 Å². The second-order valence-electron chi connectivity index (χ2n) is 7.29. The van der Waals surface area contributed by atoms with E-state index < -0.39 is 0 Å². The molecule has 24 heavy (non-hydrogen) atoms. The molecule has 0 saturated carbocycles. The van der Waals surface area contributed by atoms with Crippen molar-refractivity contribution in [1.82, 2.24) is 0 Å². The summed E-state index contributed by atoms with van der Waals surface area (Å²) >= 11 is 0. The topological polar surface area (TPSA) is 0 Å². The zero-order valence-corrected chi connectivity index (χ0v) is 17.9. The third-order valence-corrected chi connectivity index (χ3v) is 4.57. The fourth-order valence-electron chi connectivity index (χ4n) is 2.82. The lowest BCUT2D eigenvalue weighted by atomic mass is 10.1. The van der Waals surface area contributed by atoms with Gasteiger partial charge in [0.05, 0.1) is 0 Å². The Balaban J connectivity index is 0. The highest BCUT2D eigenvalue weighted by Gasteiger charge is 1.88. The summed E-state index contributed by atoms with van der Waals surface area (Å²) < 4.78 is 0. The Morgan fingerprint density at radius 3 is 0.833 bits per heavy atom. The van der Waals surface area contributed by atoms with Gasteiger partial charge in [-0.3, -0.25) is 0 Å². The van der Waals surface area contributed by atoms with Crippen molar-refractivity contribution in [1.29, 1.82) is 0 Å². The lowest BCUT2D eigenvalue weighted by Crippen LogP contribution is -1.77. The van der Waals surface area contributed by atoms with Crippen LogP contribution in [0.5, 0.6) is 0 Å². The third kappa shape index (κ3) is 29.7. The molecule has 0 nitrogen and oxygen atoms in total. The van der Waals surface area contributed by atoms with Gasteiger partial charge in [-0.1, -0.05) is 130 Å². The maximum absolute atomic E-state index is 2.39. The zero-order chi connectivity index (χ0) is 18.1. The molecule has 0 spiro atoms. The van der Waals surface area contributed by atoms with Gasteiger partial charge in [0, 0.05) is 0 Å². The molecular formula is C24H50. The molecule has 0 amide bonds. The molecule has 0 aliphatic carbocycles. The van der Waals surface area contributed by atoms with E-state index in [2.05, 4.69) is 39.8 Å². The fraction of sp³-hybridized carbons (Fsp3) is 0.917. The van der Waals surface area contributed by atoms with Gasteiger partial charge in [-0.25, -0.2) is 0 Å². The molecule has 0 aliphatic heterocycles. The van der Waals surface area contributed by atoms with E-state index >= 15 is 0 Å². The summed E-state index contributed by atoms with van der Waals surface area (Å²) in [7, 11) is 0. The lowest BCUT2D eigenvalue weighted by Gasteiger charge is -1.97. The van der Waals surface area contributed by atoms with E-state index in [9.17, 15) is 0 Å². The number of hydrogen-bond donors (Lipinski definition) is 0. The molecule has 0 aromatic heterocycles. The van der Waals surface area contributed by atoms with Crippen LogP contribution in [0.1, 0.15) is 143 Å². The Morgan fingerprint density at radius 1 is 0.333 bits per heavy atom. The molecule has 0 aromatic carbocycles. The quantitative estimate of drug-likeness (QED) is 0.183. The Morgan fingerprint density at radius 2 is 0.583 bits per heavy atom. The van der Waals surface area contributed by atoms with Gasteiger partial charge in [-0.05, 0) is 25.7 Å². The second-order valence-corrected chi connectivity index (χ2v) is 7.29. The van der Waals surface area contributed by atoms with Gasteiger partial charge in [0.15, 0.2) is 0 Å². The van der Waals surface area contributed by atoms with E-state index in [1.807, 2.05) is 0 Å². The van der Waals surface area contributed by atoms with Crippen LogP contribution in [0.25, 0.3) is 0 Å². The van der Waals surface area contributed by atoms with Crippen molar-refractivity contribution < 1.29 is 0 Å². The molecule has 0 saturated heterocycles. The summed E-state index contributed by atoms with van der Waals surface area (Å²) in [6, 6.07) is 0. The number of rotatable bonds is 17. The molecule has 0 radical (unpaired) electrons. The summed E-state index contributed by atoms with van der Waals surface area (Å²) in [6.07, 6.45) is 29.9. The first kappa shape index (κ1) is 26.0. The Kier molecular flexibility index (Phi) is 29.9. The molecule has 0 heteroatoms. The van der Waals surface area contributed by atoms with E-state index in [0.717, 1.165) is 0 Å². The minimum absolute atomic E-state index is 1.30. The van der Waals surface area contributed by atoms with Gasteiger partial charge in [-0.15, -0.1) is 0 Å². The van der Waals surface area contributed by atoms with Crippen molar-refractivity contribution in [2.75, 3.05) is 0 Å².